The van der Waals surface area contributed by atoms with Crippen molar-refractivity contribution in [3.05, 3.63) is 59.7 Å². The van der Waals surface area contributed by atoms with Crippen LogP contribution < -0.4 is 9.64 Å². The summed E-state index contributed by atoms with van der Waals surface area (Å²) in [4.78, 5) is 26.2. The van der Waals surface area contributed by atoms with Crippen molar-refractivity contribution in [3.63, 3.8) is 0 Å². The van der Waals surface area contributed by atoms with Crippen LogP contribution in [0.2, 0.25) is 0 Å². The molecule has 0 spiro atoms. The molecule has 0 aliphatic carbocycles. The Morgan fingerprint density at radius 3 is 2.69 bits per heavy atom. The van der Waals surface area contributed by atoms with Gasteiger partial charge in [-0.2, -0.15) is 0 Å². The lowest BCUT2D eigenvalue weighted by molar-refractivity contribution is -0.147. The van der Waals surface area contributed by atoms with E-state index in [1.165, 1.54) is 0 Å². The molecule has 1 aliphatic heterocycles. The molecule has 0 N–H and O–H groups in total. The van der Waals surface area contributed by atoms with Crippen molar-refractivity contribution in [2.75, 3.05) is 25.2 Å². The highest BCUT2D eigenvalue weighted by Crippen LogP contribution is 2.26. The molecular weight excluding hydrogens is 330 g/mol. The Labute approximate surface area is 153 Å². The first-order valence-electron chi connectivity index (χ1n) is 8.85. The number of hydrogen-bond acceptors (Lipinski definition) is 4. The van der Waals surface area contributed by atoms with Gasteiger partial charge in [-0.05, 0) is 42.5 Å². The summed E-state index contributed by atoms with van der Waals surface area (Å²) in [6.07, 6.45) is 2.62. The number of rotatable bonds is 6. The number of methoxy groups -OCH3 is 1. The average Bonchev–Trinajstić information content (AvgIpc) is 2.70. The minimum absolute atomic E-state index is 0.178. The molecule has 0 unspecified atom stereocenters. The zero-order valence-corrected chi connectivity index (χ0v) is 14.9. The van der Waals surface area contributed by atoms with Gasteiger partial charge in [0.15, 0.2) is 6.61 Å². The number of hydrogen-bond donors (Lipinski definition) is 0. The van der Waals surface area contributed by atoms with Gasteiger partial charge < -0.3 is 14.4 Å². The third kappa shape index (κ3) is 4.23. The Bertz CT molecular complexity index is 787. The first kappa shape index (κ1) is 18.0. The number of amides is 1. The molecule has 0 aromatic heterocycles. The maximum atomic E-state index is 12.5. The van der Waals surface area contributed by atoms with Gasteiger partial charge in [0.25, 0.3) is 5.91 Å². The summed E-state index contributed by atoms with van der Waals surface area (Å²) in [5, 5.41) is 0. The van der Waals surface area contributed by atoms with Gasteiger partial charge in [-0.3, -0.25) is 9.59 Å². The SMILES string of the molecule is COc1ccccc1CCC(=O)OCC(=O)N1CCCc2ccccc21. The van der Waals surface area contributed by atoms with E-state index in [9.17, 15) is 9.59 Å². The van der Waals surface area contributed by atoms with Crippen LogP contribution in [0, 0.1) is 0 Å². The van der Waals surface area contributed by atoms with E-state index in [2.05, 4.69) is 0 Å². The zero-order valence-electron chi connectivity index (χ0n) is 14.9. The Morgan fingerprint density at radius 1 is 1.08 bits per heavy atom. The van der Waals surface area contributed by atoms with Crippen LogP contribution in [0.1, 0.15) is 24.0 Å². The van der Waals surface area contributed by atoms with Gasteiger partial charge >= 0.3 is 5.97 Å². The van der Waals surface area contributed by atoms with Gasteiger partial charge in [0.05, 0.1) is 7.11 Å². The van der Waals surface area contributed by atoms with Crippen molar-refractivity contribution >= 4 is 17.6 Å². The molecule has 2 aromatic carbocycles. The lowest BCUT2D eigenvalue weighted by Gasteiger charge is -2.29. The third-order valence-corrected chi connectivity index (χ3v) is 4.56. The molecule has 3 rings (SSSR count). The normalized spacial score (nSPS) is 13.0. The van der Waals surface area contributed by atoms with Gasteiger partial charge in [-0.25, -0.2) is 0 Å². The Balaban J connectivity index is 1.51. The van der Waals surface area contributed by atoms with Crippen molar-refractivity contribution in [1.29, 1.82) is 0 Å². The molecule has 0 fully saturated rings. The van der Waals surface area contributed by atoms with Crippen molar-refractivity contribution in [2.45, 2.75) is 25.7 Å². The Kier molecular flexibility index (Phi) is 5.89. The van der Waals surface area contributed by atoms with Gasteiger partial charge in [-0.15, -0.1) is 0 Å². The van der Waals surface area contributed by atoms with Crippen LogP contribution in [0.3, 0.4) is 0 Å². The average molecular weight is 353 g/mol. The maximum absolute atomic E-state index is 12.5. The summed E-state index contributed by atoms with van der Waals surface area (Å²) in [6.45, 7) is 0.438. The lowest BCUT2D eigenvalue weighted by atomic mass is 10.0. The molecular formula is C21H23NO4. The summed E-state index contributed by atoms with van der Waals surface area (Å²) in [5.74, 6) is 0.193. The van der Waals surface area contributed by atoms with Crippen molar-refractivity contribution in [2.24, 2.45) is 0 Å². The van der Waals surface area contributed by atoms with Crippen molar-refractivity contribution < 1.29 is 19.1 Å². The zero-order chi connectivity index (χ0) is 18.4. The fourth-order valence-corrected chi connectivity index (χ4v) is 3.23. The van der Waals surface area contributed by atoms with Crippen LogP contribution in [0.5, 0.6) is 5.75 Å². The van der Waals surface area contributed by atoms with Gasteiger partial charge in [0.2, 0.25) is 0 Å². The number of benzene rings is 2. The molecule has 5 heteroatoms. The summed E-state index contributed by atoms with van der Waals surface area (Å²) >= 11 is 0. The summed E-state index contributed by atoms with van der Waals surface area (Å²) in [6, 6.07) is 15.4. The van der Waals surface area contributed by atoms with Gasteiger partial charge in [0.1, 0.15) is 5.75 Å². The lowest BCUT2D eigenvalue weighted by Crippen LogP contribution is -2.38. The second-order valence-corrected chi connectivity index (χ2v) is 6.25. The number of nitrogens with zero attached hydrogens (tertiary/aromatic N) is 1. The van der Waals surface area contributed by atoms with Crippen molar-refractivity contribution in [1.82, 2.24) is 0 Å². The largest absolute Gasteiger partial charge is 0.496 e. The summed E-state index contributed by atoms with van der Waals surface area (Å²) in [5.41, 5.74) is 3.03. The second-order valence-electron chi connectivity index (χ2n) is 6.25. The van der Waals surface area contributed by atoms with Crippen LogP contribution in [0.15, 0.2) is 48.5 Å². The van der Waals surface area contributed by atoms with E-state index in [-0.39, 0.29) is 24.9 Å². The molecule has 1 aliphatic rings. The van der Waals surface area contributed by atoms with Gasteiger partial charge in [0, 0.05) is 18.7 Å². The van der Waals surface area contributed by atoms with Crippen LogP contribution >= 0.6 is 0 Å². The molecule has 0 saturated carbocycles. The Hall–Kier alpha value is -2.82. The molecule has 0 radical (unpaired) electrons. The van der Waals surface area contributed by atoms with E-state index < -0.39 is 0 Å². The molecule has 0 bridgehead atoms. The van der Waals surface area contributed by atoms with E-state index in [0.29, 0.717) is 13.0 Å². The van der Waals surface area contributed by atoms with Crippen molar-refractivity contribution in [3.8, 4) is 5.75 Å². The van der Waals surface area contributed by atoms with Crippen LogP contribution in [-0.4, -0.2) is 32.1 Å². The summed E-state index contributed by atoms with van der Waals surface area (Å²) in [7, 11) is 1.60. The summed E-state index contributed by atoms with van der Waals surface area (Å²) < 4.78 is 10.5. The minimum Gasteiger partial charge on any atom is -0.496 e. The van der Waals surface area contributed by atoms with Crippen LogP contribution in [0.25, 0.3) is 0 Å². The first-order chi connectivity index (χ1) is 12.7. The first-order valence-corrected chi connectivity index (χ1v) is 8.85. The van der Waals surface area contributed by atoms with E-state index in [4.69, 9.17) is 9.47 Å². The fraction of sp³-hybridized carbons (Fsp3) is 0.333. The number of fused-ring (bicyclic) bond motifs is 1. The predicted octanol–water partition coefficient (Wildman–Crippen LogP) is 3.15. The molecule has 136 valence electrons. The van der Waals surface area contributed by atoms with E-state index in [1.54, 1.807) is 12.0 Å². The molecule has 0 atom stereocenters. The van der Waals surface area contributed by atoms with E-state index >= 15 is 0 Å². The number of para-hydroxylation sites is 2. The topological polar surface area (TPSA) is 55.8 Å². The number of carbonyl (C=O) groups excluding carboxylic acids is 2. The molecule has 5 nitrogen and oxygen atoms in total. The number of esters is 1. The number of aryl methyl sites for hydroxylation is 2. The minimum atomic E-state index is -0.380. The van der Waals surface area contributed by atoms with Crippen LogP contribution in [0.4, 0.5) is 5.69 Å². The molecule has 0 saturated heterocycles. The fourth-order valence-electron chi connectivity index (χ4n) is 3.23. The Morgan fingerprint density at radius 2 is 1.85 bits per heavy atom. The molecule has 26 heavy (non-hydrogen) atoms. The molecule has 2 aromatic rings. The second kappa shape index (κ2) is 8.52. The highest BCUT2D eigenvalue weighted by Gasteiger charge is 2.23. The standard InChI is InChI=1S/C21H23NO4/c1-25-19-11-5-3-8-17(19)12-13-21(24)26-15-20(23)22-14-6-9-16-7-2-4-10-18(16)22/h2-5,7-8,10-11H,6,9,12-15H2,1H3. The number of ether oxygens (including phenoxy) is 2. The monoisotopic (exact) mass is 353 g/mol. The number of anilines is 1. The smallest absolute Gasteiger partial charge is 0.306 e. The third-order valence-electron chi connectivity index (χ3n) is 4.56. The van der Waals surface area contributed by atoms with Gasteiger partial charge in [-0.1, -0.05) is 36.4 Å². The molecule has 1 amide bonds. The molecule has 1 heterocycles. The number of carbonyl (C=O) groups is 2. The predicted molar refractivity (Wildman–Crippen MR) is 99.4 cm³/mol. The maximum Gasteiger partial charge on any atom is 0.306 e. The van der Waals surface area contributed by atoms with Crippen LogP contribution in [-0.2, 0) is 27.2 Å². The van der Waals surface area contributed by atoms with E-state index in [0.717, 1.165) is 35.4 Å². The van der Waals surface area contributed by atoms with E-state index in [1.807, 2.05) is 48.5 Å². The highest BCUT2D eigenvalue weighted by molar-refractivity contribution is 5.96. The highest BCUT2D eigenvalue weighted by atomic mass is 16.5. The quantitative estimate of drug-likeness (QED) is 0.749.